The third-order valence-electron chi connectivity index (χ3n) is 3.11. The number of ether oxygens (including phenoxy) is 1. The van der Waals surface area contributed by atoms with Gasteiger partial charge in [0, 0.05) is 0 Å². The number of carboxylic acids is 1. The highest BCUT2D eigenvalue weighted by Gasteiger charge is 2.31. The highest BCUT2D eigenvalue weighted by Crippen LogP contribution is 2.32. The fraction of sp³-hybridized carbons (Fsp3) is 0.462. The highest BCUT2D eigenvalue weighted by atomic mass is 35.5. The minimum absolute atomic E-state index is 0.0320. The zero-order valence-electron chi connectivity index (χ0n) is 9.65. The average molecular weight is 255 g/mol. The Balaban J connectivity index is 2.02. The lowest BCUT2D eigenvalue weighted by Crippen LogP contribution is -2.15. The molecule has 2 rings (SSSR count). The van der Waals surface area contributed by atoms with Crippen molar-refractivity contribution in [1.82, 2.24) is 0 Å². The van der Waals surface area contributed by atoms with Crippen molar-refractivity contribution >= 4 is 17.6 Å². The van der Waals surface area contributed by atoms with Crippen LogP contribution < -0.4 is 4.74 Å². The molecule has 2 atom stereocenters. The van der Waals surface area contributed by atoms with Crippen LogP contribution >= 0.6 is 11.6 Å². The number of carboxylic acid groups (broad SMARTS) is 1. The van der Waals surface area contributed by atoms with Crippen LogP contribution in [-0.2, 0) is 4.79 Å². The van der Waals surface area contributed by atoms with Gasteiger partial charge in [0.15, 0.2) is 0 Å². The van der Waals surface area contributed by atoms with Gasteiger partial charge >= 0.3 is 5.97 Å². The standard InChI is InChI=1S/C13H15ClO3/c1-8-2-5-11(14)12(6-8)17-10-4-3-9(7-10)13(15)16/h2,5-6,9-10H,3-4,7H2,1H3,(H,15,16). The van der Waals surface area contributed by atoms with Gasteiger partial charge < -0.3 is 9.84 Å². The molecule has 2 unspecified atom stereocenters. The fourth-order valence-electron chi connectivity index (χ4n) is 2.15. The van der Waals surface area contributed by atoms with Crippen LogP contribution in [0.2, 0.25) is 5.02 Å². The molecule has 1 aromatic carbocycles. The van der Waals surface area contributed by atoms with E-state index in [9.17, 15) is 4.79 Å². The Morgan fingerprint density at radius 2 is 2.24 bits per heavy atom. The third-order valence-corrected chi connectivity index (χ3v) is 3.43. The molecule has 1 N–H and O–H groups in total. The normalized spacial score (nSPS) is 23.6. The van der Waals surface area contributed by atoms with E-state index in [4.69, 9.17) is 21.4 Å². The lowest BCUT2D eigenvalue weighted by molar-refractivity contribution is -0.141. The first-order valence-electron chi connectivity index (χ1n) is 5.72. The number of hydrogen-bond donors (Lipinski definition) is 1. The van der Waals surface area contributed by atoms with Gasteiger partial charge in [-0.3, -0.25) is 4.79 Å². The molecule has 1 aliphatic rings. The maximum absolute atomic E-state index is 10.8. The predicted molar refractivity (Wildman–Crippen MR) is 65.6 cm³/mol. The number of benzene rings is 1. The molecule has 0 radical (unpaired) electrons. The van der Waals surface area contributed by atoms with Crippen molar-refractivity contribution in [3.8, 4) is 5.75 Å². The molecular weight excluding hydrogens is 240 g/mol. The van der Waals surface area contributed by atoms with Crippen molar-refractivity contribution in [2.24, 2.45) is 5.92 Å². The minimum atomic E-state index is -0.730. The summed E-state index contributed by atoms with van der Waals surface area (Å²) in [5.74, 6) is -0.349. The SMILES string of the molecule is Cc1ccc(Cl)c(OC2CCC(C(=O)O)C2)c1. The van der Waals surface area contributed by atoms with Gasteiger partial charge in [-0.2, -0.15) is 0 Å². The zero-order valence-corrected chi connectivity index (χ0v) is 10.4. The second-order valence-corrected chi connectivity index (χ2v) is 4.93. The lowest BCUT2D eigenvalue weighted by Gasteiger charge is -2.15. The van der Waals surface area contributed by atoms with Gasteiger partial charge in [-0.15, -0.1) is 0 Å². The van der Waals surface area contributed by atoms with E-state index in [-0.39, 0.29) is 12.0 Å². The summed E-state index contributed by atoms with van der Waals surface area (Å²) >= 11 is 6.03. The molecule has 0 saturated heterocycles. The van der Waals surface area contributed by atoms with E-state index < -0.39 is 5.97 Å². The quantitative estimate of drug-likeness (QED) is 0.900. The van der Waals surface area contributed by atoms with E-state index in [0.717, 1.165) is 12.0 Å². The summed E-state index contributed by atoms with van der Waals surface area (Å²) in [6.45, 7) is 1.97. The number of aryl methyl sites for hydroxylation is 1. The van der Waals surface area contributed by atoms with Gasteiger partial charge in [0.05, 0.1) is 17.0 Å². The van der Waals surface area contributed by atoms with E-state index in [0.29, 0.717) is 23.6 Å². The molecule has 4 heteroatoms. The summed E-state index contributed by atoms with van der Waals surface area (Å²) in [5, 5.41) is 9.49. The Morgan fingerprint density at radius 3 is 2.88 bits per heavy atom. The number of carbonyl (C=O) groups is 1. The van der Waals surface area contributed by atoms with Crippen LogP contribution in [0.25, 0.3) is 0 Å². The smallest absolute Gasteiger partial charge is 0.306 e. The van der Waals surface area contributed by atoms with Crippen LogP contribution in [0.15, 0.2) is 18.2 Å². The molecule has 0 amide bonds. The van der Waals surface area contributed by atoms with Crippen molar-refractivity contribution in [2.45, 2.75) is 32.3 Å². The molecule has 3 nitrogen and oxygen atoms in total. The topological polar surface area (TPSA) is 46.5 Å². The highest BCUT2D eigenvalue weighted by molar-refractivity contribution is 6.32. The molecular formula is C13H15ClO3. The van der Waals surface area contributed by atoms with Gasteiger partial charge in [-0.25, -0.2) is 0 Å². The Kier molecular flexibility index (Phi) is 3.57. The molecule has 0 aliphatic heterocycles. The first-order chi connectivity index (χ1) is 8.06. The molecule has 17 heavy (non-hydrogen) atoms. The largest absolute Gasteiger partial charge is 0.489 e. The van der Waals surface area contributed by atoms with Crippen LogP contribution in [0.1, 0.15) is 24.8 Å². The van der Waals surface area contributed by atoms with E-state index in [1.165, 1.54) is 0 Å². The maximum Gasteiger partial charge on any atom is 0.306 e. The van der Waals surface area contributed by atoms with Crippen molar-refractivity contribution in [3.63, 3.8) is 0 Å². The summed E-state index contributed by atoms with van der Waals surface area (Å²) in [5.41, 5.74) is 1.08. The second kappa shape index (κ2) is 4.96. The summed E-state index contributed by atoms with van der Waals surface area (Å²) < 4.78 is 5.77. The molecule has 1 fully saturated rings. The Labute approximate surface area is 105 Å². The molecule has 0 spiro atoms. The van der Waals surface area contributed by atoms with Gasteiger partial charge in [0.2, 0.25) is 0 Å². The van der Waals surface area contributed by atoms with Crippen LogP contribution in [0, 0.1) is 12.8 Å². The monoisotopic (exact) mass is 254 g/mol. The Bertz CT molecular complexity index is 431. The molecule has 1 saturated carbocycles. The van der Waals surface area contributed by atoms with Crippen molar-refractivity contribution in [2.75, 3.05) is 0 Å². The van der Waals surface area contributed by atoms with E-state index in [1.54, 1.807) is 6.07 Å². The Hall–Kier alpha value is -1.22. The summed E-state index contributed by atoms with van der Waals surface area (Å²) in [7, 11) is 0. The van der Waals surface area contributed by atoms with E-state index in [1.807, 2.05) is 19.1 Å². The van der Waals surface area contributed by atoms with Crippen LogP contribution in [-0.4, -0.2) is 17.2 Å². The van der Waals surface area contributed by atoms with Crippen molar-refractivity contribution < 1.29 is 14.6 Å². The second-order valence-electron chi connectivity index (χ2n) is 4.52. The average Bonchev–Trinajstić information content (AvgIpc) is 2.72. The summed E-state index contributed by atoms with van der Waals surface area (Å²) in [4.78, 5) is 10.8. The van der Waals surface area contributed by atoms with Gasteiger partial charge in [0.1, 0.15) is 5.75 Å². The molecule has 0 aromatic heterocycles. The van der Waals surface area contributed by atoms with Crippen LogP contribution in [0.5, 0.6) is 5.75 Å². The summed E-state index contributed by atoms with van der Waals surface area (Å²) in [6, 6.07) is 5.61. The fourth-order valence-corrected chi connectivity index (χ4v) is 2.31. The van der Waals surface area contributed by atoms with Crippen molar-refractivity contribution in [3.05, 3.63) is 28.8 Å². The number of rotatable bonds is 3. The number of aliphatic carboxylic acids is 1. The molecule has 1 aliphatic carbocycles. The first kappa shape index (κ1) is 12.2. The summed E-state index contributed by atoms with van der Waals surface area (Å²) in [6.07, 6.45) is 2.00. The molecule has 1 aromatic rings. The molecule has 92 valence electrons. The van der Waals surface area contributed by atoms with Crippen molar-refractivity contribution in [1.29, 1.82) is 0 Å². The van der Waals surface area contributed by atoms with Gasteiger partial charge in [0.25, 0.3) is 0 Å². The van der Waals surface area contributed by atoms with Crippen LogP contribution in [0.3, 0.4) is 0 Å². The number of halogens is 1. The molecule has 0 bridgehead atoms. The number of hydrogen-bond acceptors (Lipinski definition) is 2. The zero-order chi connectivity index (χ0) is 12.4. The van der Waals surface area contributed by atoms with E-state index in [2.05, 4.69) is 0 Å². The van der Waals surface area contributed by atoms with Gasteiger partial charge in [-0.05, 0) is 43.9 Å². The first-order valence-corrected chi connectivity index (χ1v) is 6.09. The van der Waals surface area contributed by atoms with Gasteiger partial charge in [-0.1, -0.05) is 17.7 Å². The lowest BCUT2D eigenvalue weighted by atomic mass is 10.1. The third kappa shape index (κ3) is 2.91. The van der Waals surface area contributed by atoms with E-state index >= 15 is 0 Å². The van der Waals surface area contributed by atoms with Crippen LogP contribution in [0.4, 0.5) is 0 Å². The maximum atomic E-state index is 10.8. The minimum Gasteiger partial charge on any atom is -0.489 e. The predicted octanol–water partition coefficient (Wildman–Crippen LogP) is 3.28. The molecule has 0 heterocycles. The Morgan fingerprint density at radius 1 is 1.47 bits per heavy atom.